The average Bonchev–Trinajstić information content (AvgIpc) is 3.22. The molecule has 1 aliphatic heterocycles. The number of aryl methyl sites for hydroxylation is 1. The van der Waals surface area contributed by atoms with Crippen molar-refractivity contribution in [1.82, 2.24) is 14.5 Å². The van der Waals surface area contributed by atoms with Gasteiger partial charge in [-0.3, -0.25) is 19.0 Å². The van der Waals surface area contributed by atoms with Crippen molar-refractivity contribution >= 4 is 40.0 Å². The van der Waals surface area contributed by atoms with Crippen LogP contribution in [0.1, 0.15) is 28.2 Å². The second kappa shape index (κ2) is 7.48. The van der Waals surface area contributed by atoms with E-state index < -0.39 is 11.3 Å². The normalized spacial score (nSPS) is 12.8. The number of ketones is 1. The summed E-state index contributed by atoms with van der Waals surface area (Å²) in [4.78, 5) is 47.1. The first-order valence-corrected chi connectivity index (χ1v) is 10.5. The Bertz CT molecular complexity index is 1470. The molecule has 0 unspecified atom stereocenters. The van der Waals surface area contributed by atoms with E-state index in [1.54, 1.807) is 53.1 Å². The number of pyridine rings is 1. The predicted molar refractivity (Wildman–Crippen MR) is 120 cm³/mol. The van der Waals surface area contributed by atoms with Crippen molar-refractivity contribution in [3.8, 4) is 11.1 Å². The van der Waals surface area contributed by atoms with E-state index >= 15 is 0 Å². The van der Waals surface area contributed by atoms with Gasteiger partial charge >= 0.3 is 0 Å². The molecule has 0 radical (unpaired) electrons. The number of fused-ring (bicyclic) bond motifs is 2. The molecular formula is C23H15Cl2N3O3. The molecule has 1 N–H and O–H groups in total. The van der Waals surface area contributed by atoms with Gasteiger partial charge < -0.3 is 4.98 Å². The number of H-pyrrole nitrogens is 1. The van der Waals surface area contributed by atoms with Crippen LogP contribution >= 0.6 is 23.2 Å². The molecule has 31 heavy (non-hydrogen) atoms. The number of benzene rings is 2. The first-order chi connectivity index (χ1) is 14.9. The summed E-state index contributed by atoms with van der Waals surface area (Å²) in [5, 5.41) is 1.18. The molecule has 2 aromatic heterocycles. The maximum absolute atomic E-state index is 13.4. The minimum Gasteiger partial charge on any atom is -0.306 e. The lowest BCUT2D eigenvalue weighted by molar-refractivity contribution is 0.103. The summed E-state index contributed by atoms with van der Waals surface area (Å²) >= 11 is 12.0. The van der Waals surface area contributed by atoms with E-state index in [0.717, 1.165) is 6.42 Å². The quantitative estimate of drug-likeness (QED) is 0.472. The Morgan fingerprint density at radius 1 is 0.968 bits per heavy atom. The highest BCUT2D eigenvalue weighted by Crippen LogP contribution is 2.30. The molecule has 2 aromatic carbocycles. The molecule has 0 bridgehead atoms. The van der Waals surface area contributed by atoms with Crippen LogP contribution < -0.4 is 11.1 Å². The van der Waals surface area contributed by atoms with E-state index in [4.69, 9.17) is 23.2 Å². The standard InChI is InChI=1S/C23H15Cl2N3O3/c24-14-7-3-12(4-8-14)17-18(20(29)13-5-9-15(25)10-6-13)22(30)27-21-19(17)23(31)28-11-1-2-16(28)26-21/h3-10H,1-2,11H2,(H,27,30). The molecule has 0 fully saturated rings. The monoisotopic (exact) mass is 451 g/mol. The Labute approximate surface area is 186 Å². The van der Waals surface area contributed by atoms with Gasteiger partial charge in [0.05, 0.1) is 10.9 Å². The molecule has 0 aliphatic carbocycles. The minimum atomic E-state index is -0.604. The van der Waals surface area contributed by atoms with Gasteiger partial charge in [0.25, 0.3) is 11.1 Å². The highest BCUT2D eigenvalue weighted by atomic mass is 35.5. The Balaban J connectivity index is 1.89. The summed E-state index contributed by atoms with van der Waals surface area (Å²) in [6.07, 6.45) is 1.46. The van der Waals surface area contributed by atoms with Gasteiger partial charge in [-0.25, -0.2) is 4.98 Å². The maximum Gasteiger partial charge on any atom is 0.263 e. The summed E-state index contributed by atoms with van der Waals surface area (Å²) in [7, 11) is 0. The van der Waals surface area contributed by atoms with Crippen molar-refractivity contribution in [1.29, 1.82) is 0 Å². The van der Waals surface area contributed by atoms with E-state index in [9.17, 15) is 14.4 Å². The lowest BCUT2D eigenvalue weighted by Gasteiger charge is -2.13. The van der Waals surface area contributed by atoms with Gasteiger partial charge in [0.15, 0.2) is 5.78 Å². The van der Waals surface area contributed by atoms with Crippen molar-refractivity contribution in [2.75, 3.05) is 0 Å². The fourth-order valence-electron chi connectivity index (χ4n) is 4.01. The van der Waals surface area contributed by atoms with Gasteiger partial charge in [-0.2, -0.15) is 0 Å². The molecule has 0 atom stereocenters. The number of nitrogens with one attached hydrogen (secondary N) is 1. The molecule has 154 valence electrons. The number of hydrogen-bond donors (Lipinski definition) is 1. The number of hydrogen-bond acceptors (Lipinski definition) is 4. The predicted octanol–water partition coefficient (Wildman–Crippen LogP) is 4.24. The van der Waals surface area contributed by atoms with Gasteiger partial charge in [0.2, 0.25) is 0 Å². The summed E-state index contributed by atoms with van der Waals surface area (Å²) in [5.41, 5.74) is 0.274. The zero-order valence-electron chi connectivity index (χ0n) is 16.1. The lowest BCUT2D eigenvalue weighted by Crippen LogP contribution is -2.27. The van der Waals surface area contributed by atoms with E-state index in [0.29, 0.717) is 40.0 Å². The van der Waals surface area contributed by atoms with E-state index in [1.165, 1.54) is 0 Å². The highest BCUT2D eigenvalue weighted by molar-refractivity contribution is 6.31. The number of aromatic nitrogens is 3. The van der Waals surface area contributed by atoms with Gasteiger partial charge in [0.1, 0.15) is 11.5 Å². The van der Waals surface area contributed by atoms with Crippen LogP contribution in [0.4, 0.5) is 0 Å². The molecule has 4 aromatic rings. The van der Waals surface area contributed by atoms with Crippen LogP contribution in [0.3, 0.4) is 0 Å². The van der Waals surface area contributed by atoms with E-state index in [1.807, 2.05) is 0 Å². The molecule has 0 saturated heterocycles. The van der Waals surface area contributed by atoms with Gasteiger partial charge in [-0.05, 0) is 48.4 Å². The topological polar surface area (TPSA) is 84.8 Å². The first-order valence-electron chi connectivity index (χ1n) is 9.70. The molecule has 0 amide bonds. The molecule has 8 heteroatoms. The van der Waals surface area contributed by atoms with Crippen LogP contribution in [0.15, 0.2) is 58.1 Å². The number of rotatable bonds is 3. The molecule has 1 aliphatic rings. The number of nitrogens with zero attached hydrogens (tertiary/aromatic N) is 2. The lowest BCUT2D eigenvalue weighted by atomic mass is 9.93. The Morgan fingerprint density at radius 2 is 1.61 bits per heavy atom. The maximum atomic E-state index is 13.4. The molecule has 5 rings (SSSR count). The van der Waals surface area contributed by atoms with Gasteiger partial charge in [0, 0.05) is 34.1 Å². The Morgan fingerprint density at radius 3 is 2.29 bits per heavy atom. The third-order valence-electron chi connectivity index (χ3n) is 5.46. The van der Waals surface area contributed by atoms with Crippen LogP contribution in [-0.2, 0) is 13.0 Å². The van der Waals surface area contributed by atoms with Crippen LogP contribution in [0.25, 0.3) is 22.2 Å². The van der Waals surface area contributed by atoms with E-state index in [-0.39, 0.29) is 27.7 Å². The number of carbonyl (C=O) groups is 1. The van der Waals surface area contributed by atoms with E-state index in [2.05, 4.69) is 9.97 Å². The molecule has 0 saturated carbocycles. The summed E-state index contributed by atoms with van der Waals surface area (Å²) in [5.74, 6) is 0.127. The molecular weight excluding hydrogens is 437 g/mol. The number of halogens is 2. The fraction of sp³-hybridized carbons (Fsp3) is 0.130. The van der Waals surface area contributed by atoms with Crippen LogP contribution in [0.2, 0.25) is 10.0 Å². The Hall–Kier alpha value is -3.22. The molecule has 0 spiro atoms. The zero-order chi connectivity index (χ0) is 21.7. The fourth-order valence-corrected chi connectivity index (χ4v) is 4.26. The zero-order valence-corrected chi connectivity index (χ0v) is 17.6. The summed E-state index contributed by atoms with van der Waals surface area (Å²) in [6, 6.07) is 12.9. The second-order valence-electron chi connectivity index (χ2n) is 7.36. The number of carbonyl (C=O) groups excluding carboxylic acids is 1. The number of aromatic amines is 1. The first kappa shape index (κ1) is 19.7. The van der Waals surface area contributed by atoms with Crippen molar-refractivity contribution < 1.29 is 4.79 Å². The molecule has 3 heterocycles. The van der Waals surface area contributed by atoms with Crippen molar-refractivity contribution in [3.05, 3.63) is 96.2 Å². The second-order valence-corrected chi connectivity index (χ2v) is 8.23. The highest BCUT2D eigenvalue weighted by Gasteiger charge is 2.26. The SMILES string of the molecule is O=C(c1ccc(Cl)cc1)c1c(-c2ccc(Cl)cc2)c2c(=O)n3c(nc2[nH]c1=O)CCC3. The van der Waals surface area contributed by atoms with Crippen LogP contribution in [0, 0.1) is 0 Å². The third-order valence-corrected chi connectivity index (χ3v) is 5.96. The summed E-state index contributed by atoms with van der Waals surface area (Å²) in [6.45, 7) is 0.552. The summed E-state index contributed by atoms with van der Waals surface area (Å²) < 4.78 is 1.61. The minimum absolute atomic E-state index is 0.116. The van der Waals surface area contributed by atoms with Crippen molar-refractivity contribution in [2.24, 2.45) is 0 Å². The third kappa shape index (κ3) is 3.28. The van der Waals surface area contributed by atoms with Crippen LogP contribution in [-0.4, -0.2) is 20.3 Å². The smallest absolute Gasteiger partial charge is 0.263 e. The molecule has 6 nitrogen and oxygen atoms in total. The van der Waals surface area contributed by atoms with Gasteiger partial charge in [-0.15, -0.1) is 0 Å². The Kier molecular flexibility index (Phi) is 4.76. The van der Waals surface area contributed by atoms with Crippen molar-refractivity contribution in [3.63, 3.8) is 0 Å². The van der Waals surface area contributed by atoms with Crippen molar-refractivity contribution in [2.45, 2.75) is 19.4 Å². The van der Waals surface area contributed by atoms with Crippen LogP contribution in [0.5, 0.6) is 0 Å². The largest absolute Gasteiger partial charge is 0.306 e. The average molecular weight is 452 g/mol. The van der Waals surface area contributed by atoms with Gasteiger partial charge in [-0.1, -0.05) is 35.3 Å².